The molecule has 0 N–H and O–H groups in total. The number of carbonyl (C=O) groups excluding carboxylic acids is 1. The molecule has 0 amide bonds. The van der Waals surface area contributed by atoms with E-state index < -0.39 is 21.4 Å². The summed E-state index contributed by atoms with van der Waals surface area (Å²) in [5, 5.41) is 0. The topological polar surface area (TPSA) is 69.7 Å². The predicted molar refractivity (Wildman–Crippen MR) is 82.5 cm³/mol. The van der Waals surface area contributed by atoms with Crippen molar-refractivity contribution >= 4 is 21.4 Å². The van der Waals surface area contributed by atoms with E-state index in [2.05, 4.69) is 6.58 Å². The van der Waals surface area contributed by atoms with Crippen molar-refractivity contribution in [2.24, 2.45) is 0 Å². The molecule has 0 saturated carbocycles. The number of sulfone groups is 1. The van der Waals surface area contributed by atoms with Crippen LogP contribution in [0.3, 0.4) is 0 Å². The van der Waals surface area contributed by atoms with Crippen LogP contribution in [0, 0.1) is 0 Å². The highest BCUT2D eigenvalue weighted by Gasteiger charge is 2.43. The van der Waals surface area contributed by atoms with Crippen LogP contribution < -0.4 is 0 Å². The van der Waals surface area contributed by atoms with Crippen LogP contribution >= 0.6 is 0 Å². The van der Waals surface area contributed by atoms with Crippen molar-refractivity contribution in [2.45, 2.75) is 31.3 Å². The van der Waals surface area contributed by atoms with Crippen molar-refractivity contribution in [1.82, 2.24) is 0 Å². The van der Waals surface area contributed by atoms with Crippen LogP contribution in [0.2, 0.25) is 0 Å². The number of hydrogen-bond acceptors (Lipinski definition) is 5. The Hall–Kier alpha value is -2.08. The summed E-state index contributed by atoms with van der Waals surface area (Å²) in [6.45, 7) is 8.77. The van der Waals surface area contributed by atoms with Crippen molar-refractivity contribution in [1.29, 1.82) is 0 Å². The largest absolute Gasteiger partial charge is 0.455 e. The van der Waals surface area contributed by atoms with Gasteiger partial charge in [-0.1, -0.05) is 18.7 Å². The van der Waals surface area contributed by atoms with Gasteiger partial charge in [0.15, 0.2) is 9.84 Å². The maximum Gasteiger partial charge on any atom is 0.375 e. The fourth-order valence-electron chi connectivity index (χ4n) is 2.32. The smallest absolute Gasteiger partial charge is 0.375 e. The lowest BCUT2D eigenvalue weighted by atomic mass is 9.92. The molecule has 1 aliphatic heterocycles. The molecular weight excluding hydrogens is 304 g/mol. The molecule has 6 heteroatoms. The highest BCUT2D eigenvalue weighted by Crippen LogP contribution is 2.40. The van der Waals surface area contributed by atoms with Gasteiger partial charge in [-0.2, -0.15) is 0 Å². The Bertz CT molecular complexity index is 767. The molecule has 1 aromatic carbocycles. The minimum absolute atomic E-state index is 0.0876. The minimum Gasteiger partial charge on any atom is -0.455 e. The van der Waals surface area contributed by atoms with Gasteiger partial charge in [0.2, 0.25) is 5.76 Å². The van der Waals surface area contributed by atoms with Crippen molar-refractivity contribution in [2.75, 3.05) is 6.26 Å². The monoisotopic (exact) mass is 322 g/mol. The predicted octanol–water partition coefficient (Wildman–Crippen LogP) is 2.69. The SMILES string of the molecule is C=C(C)OC1=C(c2ccc(S(C)(=O)=O)cc2)C(C)(C)OC1=O. The van der Waals surface area contributed by atoms with Crippen LogP contribution in [-0.2, 0) is 24.1 Å². The summed E-state index contributed by atoms with van der Waals surface area (Å²) < 4.78 is 33.8. The van der Waals surface area contributed by atoms with Gasteiger partial charge in [0, 0.05) is 6.26 Å². The standard InChI is InChI=1S/C16H18O5S/c1-10(2)20-14-13(16(3,4)21-15(14)17)11-6-8-12(9-7-11)22(5,18)19/h6-9H,1H2,2-5H3. The summed E-state index contributed by atoms with van der Waals surface area (Å²) in [5.41, 5.74) is 0.370. The molecule has 0 atom stereocenters. The maximum absolute atomic E-state index is 12.0. The van der Waals surface area contributed by atoms with E-state index in [0.717, 1.165) is 6.26 Å². The molecule has 0 saturated heterocycles. The molecule has 0 radical (unpaired) electrons. The summed E-state index contributed by atoms with van der Waals surface area (Å²) >= 11 is 0. The summed E-state index contributed by atoms with van der Waals surface area (Å²) in [5.74, 6) is -0.102. The molecule has 0 aromatic heterocycles. The van der Waals surface area contributed by atoms with Gasteiger partial charge in [0.05, 0.1) is 16.2 Å². The van der Waals surface area contributed by atoms with E-state index in [-0.39, 0.29) is 10.7 Å². The summed E-state index contributed by atoms with van der Waals surface area (Å²) in [6.07, 6.45) is 1.14. The van der Waals surface area contributed by atoms with Crippen molar-refractivity contribution < 1.29 is 22.7 Å². The van der Waals surface area contributed by atoms with Gasteiger partial charge in [0.1, 0.15) is 5.60 Å². The van der Waals surface area contributed by atoms with Crippen LogP contribution in [0.25, 0.3) is 5.57 Å². The maximum atomic E-state index is 12.0. The average molecular weight is 322 g/mol. The first-order chi connectivity index (χ1) is 10.0. The molecule has 0 fully saturated rings. The third-order valence-corrected chi connectivity index (χ3v) is 4.34. The van der Waals surface area contributed by atoms with Gasteiger partial charge in [-0.25, -0.2) is 13.2 Å². The zero-order valence-corrected chi connectivity index (χ0v) is 13.8. The Kier molecular flexibility index (Phi) is 3.91. The zero-order valence-electron chi connectivity index (χ0n) is 13.0. The number of hydrogen-bond donors (Lipinski definition) is 0. The molecule has 118 valence electrons. The quantitative estimate of drug-likeness (QED) is 0.629. The molecule has 1 aliphatic rings. The van der Waals surface area contributed by atoms with E-state index in [0.29, 0.717) is 16.9 Å². The molecule has 0 unspecified atom stereocenters. The number of rotatable bonds is 4. The first kappa shape index (κ1) is 16.3. The first-order valence-electron chi connectivity index (χ1n) is 6.64. The van der Waals surface area contributed by atoms with Gasteiger partial charge >= 0.3 is 5.97 Å². The van der Waals surface area contributed by atoms with Gasteiger partial charge in [0.25, 0.3) is 0 Å². The lowest BCUT2D eigenvalue weighted by Crippen LogP contribution is -2.22. The molecule has 0 bridgehead atoms. The summed E-state index contributed by atoms with van der Waals surface area (Å²) in [7, 11) is -3.27. The second-order valence-electron chi connectivity index (χ2n) is 5.70. The lowest BCUT2D eigenvalue weighted by Gasteiger charge is -2.21. The minimum atomic E-state index is -3.27. The van der Waals surface area contributed by atoms with E-state index in [1.165, 1.54) is 12.1 Å². The molecule has 2 rings (SSSR count). The fourth-order valence-corrected chi connectivity index (χ4v) is 2.95. The lowest BCUT2D eigenvalue weighted by molar-refractivity contribution is -0.146. The zero-order chi connectivity index (χ0) is 16.7. The Morgan fingerprint density at radius 3 is 2.23 bits per heavy atom. The molecule has 1 aromatic rings. The third-order valence-electron chi connectivity index (χ3n) is 3.21. The molecule has 0 aliphatic carbocycles. The van der Waals surface area contributed by atoms with Gasteiger partial charge in [-0.3, -0.25) is 0 Å². The van der Waals surface area contributed by atoms with Gasteiger partial charge in [-0.05, 0) is 38.5 Å². The first-order valence-corrected chi connectivity index (χ1v) is 8.53. The number of carbonyl (C=O) groups is 1. The third kappa shape index (κ3) is 3.06. The van der Waals surface area contributed by atoms with Crippen LogP contribution in [0.5, 0.6) is 0 Å². The number of allylic oxidation sites excluding steroid dienone is 1. The van der Waals surface area contributed by atoms with E-state index >= 15 is 0 Å². The van der Waals surface area contributed by atoms with Crippen LogP contribution in [-0.4, -0.2) is 26.2 Å². The highest BCUT2D eigenvalue weighted by molar-refractivity contribution is 7.90. The fraction of sp³-hybridized carbons (Fsp3) is 0.312. The van der Waals surface area contributed by atoms with Crippen LogP contribution in [0.15, 0.2) is 47.3 Å². The number of ether oxygens (including phenoxy) is 2. The summed E-state index contributed by atoms with van der Waals surface area (Å²) in [6, 6.07) is 6.26. The van der Waals surface area contributed by atoms with Crippen LogP contribution in [0.4, 0.5) is 0 Å². The van der Waals surface area contributed by atoms with Gasteiger partial charge in [-0.15, -0.1) is 0 Å². The number of esters is 1. The van der Waals surface area contributed by atoms with E-state index in [1.54, 1.807) is 32.9 Å². The highest BCUT2D eigenvalue weighted by atomic mass is 32.2. The van der Waals surface area contributed by atoms with Gasteiger partial charge < -0.3 is 9.47 Å². The molecular formula is C16H18O5S. The summed E-state index contributed by atoms with van der Waals surface area (Å²) in [4.78, 5) is 12.2. The Balaban J connectivity index is 2.57. The second kappa shape index (κ2) is 5.28. The normalized spacial score (nSPS) is 17.4. The Labute approximate surface area is 130 Å². The number of cyclic esters (lactones) is 1. The average Bonchev–Trinajstić information content (AvgIpc) is 2.57. The van der Waals surface area contributed by atoms with Crippen molar-refractivity contribution in [3.05, 3.63) is 47.9 Å². The van der Waals surface area contributed by atoms with E-state index in [1.807, 2.05) is 0 Å². The van der Waals surface area contributed by atoms with Crippen molar-refractivity contribution in [3.63, 3.8) is 0 Å². The molecule has 1 heterocycles. The Morgan fingerprint density at radius 2 is 1.77 bits per heavy atom. The van der Waals surface area contributed by atoms with Crippen molar-refractivity contribution in [3.8, 4) is 0 Å². The second-order valence-corrected chi connectivity index (χ2v) is 7.72. The Morgan fingerprint density at radius 1 is 1.23 bits per heavy atom. The molecule has 0 spiro atoms. The molecule has 5 nitrogen and oxygen atoms in total. The number of benzene rings is 1. The van der Waals surface area contributed by atoms with Crippen LogP contribution in [0.1, 0.15) is 26.3 Å². The van der Waals surface area contributed by atoms with E-state index in [9.17, 15) is 13.2 Å². The molecule has 22 heavy (non-hydrogen) atoms. The van der Waals surface area contributed by atoms with E-state index in [4.69, 9.17) is 9.47 Å².